The van der Waals surface area contributed by atoms with Crippen LogP contribution in [0.25, 0.3) is 11.0 Å². The molecule has 1 aliphatic heterocycles. The highest BCUT2D eigenvalue weighted by Crippen LogP contribution is 2.28. The summed E-state index contributed by atoms with van der Waals surface area (Å²) >= 11 is 0. The van der Waals surface area contributed by atoms with Crippen molar-refractivity contribution in [3.05, 3.63) is 110 Å². The molecule has 37 heavy (non-hydrogen) atoms. The Morgan fingerprint density at radius 3 is 2.30 bits per heavy atom. The number of hydrogen-bond acceptors (Lipinski definition) is 7. The van der Waals surface area contributed by atoms with Crippen molar-refractivity contribution in [2.45, 2.75) is 27.0 Å². The Hall–Kier alpha value is -4.72. The predicted octanol–water partition coefficient (Wildman–Crippen LogP) is 4.57. The van der Waals surface area contributed by atoms with Crippen LogP contribution >= 0.6 is 0 Å². The van der Waals surface area contributed by atoms with Crippen LogP contribution in [0, 0.1) is 13.8 Å². The molecule has 8 heteroatoms. The fraction of sp³-hybridized carbons (Fsp3) is 0.172. The zero-order valence-corrected chi connectivity index (χ0v) is 20.5. The molecule has 1 aliphatic rings. The number of esters is 1. The molecule has 4 aromatic rings. The summed E-state index contributed by atoms with van der Waals surface area (Å²) in [5, 5.41) is 0.682. The van der Waals surface area contributed by atoms with Crippen molar-refractivity contribution in [3.8, 4) is 5.75 Å². The van der Waals surface area contributed by atoms with Gasteiger partial charge in [0.25, 0.3) is 11.8 Å². The van der Waals surface area contributed by atoms with Gasteiger partial charge in [-0.05, 0) is 54.8 Å². The molecule has 0 bridgehead atoms. The molecule has 0 saturated carbocycles. The first-order valence-corrected chi connectivity index (χ1v) is 11.6. The summed E-state index contributed by atoms with van der Waals surface area (Å²) in [6, 6.07) is 16.5. The quantitative estimate of drug-likeness (QED) is 0.218. The molecule has 0 radical (unpaired) electrons. The van der Waals surface area contributed by atoms with Crippen LogP contribution in [0.3, 0.4) is 0 Å². The summed E-state index contributed by atoms with van der Waals surface area (Å²) in [5.41, 5.74) is 3.65. The maximum atomic E-state index is 13.1. The first-order valence-electron chi connectivity index (χ1n) is 11.6. The minimum Gasteiger partial charge on any atom is -0.496 e. The largest absolute Gasteiger partial charge is 0.496 e. The Kier molecular flexibility index (Phi) is 6.09. The number of aryl methyl sites for hydroxylation is 2. The molecule has 0 spiro atoms. The lowest BCUT2D eigenvalue weighted by Crippen LogP contribution is -2.29. The average molecular weight is 498 g/mol. The van der Waals surface area contributed by atoms with Crippen LogP contribution in [-0.4, -0.2) is 29.8 Å². The van der Waals surface area contributed by atoms with Gasteiger partial charge in [-0.25, -0.2) is 9.59 Å². The van der Waals surface area contributed by atoms with E-state index in [0.717, 1.165) is 16.0 Å². The smallest absolute Gasteiger partial charge is 0.342 e. The number of hydrogen-bond donors (Lipinski definition) is 0. The van der Waals surface area contributed by atoms with Crippen LogP contribution in [-0.2, 0) is 17.9 Å². The standard InChI is InChI=1S/C29H23NO7/c1-16-8-10-20-19(13-25(31)37-26(20)17(16)2)15-36-29(34)23-12-18(9-11-24(23)35-3)14-30-27(32)21-6-4-5-7-22(21)28(30)33/h4-13H,14-15H2,1-3H3. The summed E-state index contributed by atoms with van der Waals surface area (Å²) in [4.78, 5) is 51.9. The number of rotatable bonds is 6. The van der Waals surface area contributed by atoms with Gasteiger partial charge in [0.15, 0.2) is 0 Å². The first-order chi connectivity index (χ1) is 17.8. The zero-order chi connectivity index (χ0) is 26.3. The van der Waals surface area contributed by atoms with Crippen molar-refractivity contribution in [1.82, 2.24) is 4.90 Å². The van der Waals surface area contributed by atoms with Crippen LogP contribution in [0.5, 0.6) is 5.75 Å². The minimum absolute atomic E-state index is 0.0143. The molecule has 0 saturated heterocycles. The SMILES string of the molecule is COc1ccc(CN2C(=O)c3ccccc3C2=O)cc1C(=O)OCc1cc(=O)oc2c(C)c(C)ccc12. The lowest BCUT2D eigenvalue weighted by molar-refractivity contribution is 0.0470. The fourth-order valence-corrected chi connectivity index (χ4v) is 4.44. The number of methoxy groups -OCH3 is 1. The molecule has 186 valence electrons. The topological polar surface area (TPSA) is 103 Å². The molecule has 0 unspecified atom stereocenters. The Morgan fingerprint density at radius 2 is 1.62 bits per heavy atom. The van der Waals surface area contributed by atoms with Crippen LogP contribution in [0.4, 0.5) is 0 Å². The third-order valence-corrected chi connectivity index (χ3v) is 6.58. The van der Waals surface area contributed by atoms with Gasteiger partial charge in [-0.1, -0.05) is 30.3 Å². The minimum atomic E-state index is -0.675. The molecular weight excluding hydrogens is 474 g/mol. The van der Waals surface area contributed by atoms with E-state index in [2.05, 4.69) is 0 Å². The van der Waals surface area contributed by atoms with E-state index in [1.165, 1.54) is 19.2 Å². The zero-order valence-electron chi connectivity index (χ0n) is 20.5. The lowest BCUT2D eigenvalue weighted by atomic mass is 10.0. The molecule has 3 aromatic carbocycles. The van der Waals surface area contributed by atoms with E-state index in [9.17, 15) is 19.2 Å². The number of carbonyl (C=O) groups is 3. The highest BCUT2D eigenvalue weighted by atomic mass is 16.5. The second-order valence-electron chi connectivity index (χ2n) is 8.83. The Labute approximate surface area is 212 Å². The maximum absolute atomic E-state index is 13.1. The molecule has 8 nitrogen and oxygen atoms in total. The summed E-state index contributed by atoms with van der Waals surface area (Å²) < 4.78 is 16.3. The van der Waals surface area contributed by atoms with Crippen molar-refractivity contribution in [2.75, 3.05) is 7.11 Å². The first kappa shape index (κ1) is 24.0. The molecule has 0 aliphatic carbocycles. The summed E-state index contributed by atoms with van der Waals surface area (Å²) in [7, 11) is 1.43. The molecule has 2 heterocycles. The molecule has 1 aromatic heterocycles. The van der Waals surface area contributed by atoms with Gasteiger partial charge < -0.3 is 13.9 Å². The number of amides is 2. The van der Waals surface area contributed by atoms with E-state index >= 15 is 0 Å². The number of imide groups is 1. The van der Waals surface area contributed by atoms with Gasteiger partial charge in [0.1, 0.15) is 23.5 Å². The van der Waals surface area contributed by atoms with Gasteiger partial charge in [0, 0.05) is 17.0 Å². The van der Waals surface area contributed by atoms with Gasteiger partial charge >= 0.3 is 11.6 Å². The summed E-state index contributed by atoms with van der Waals surface area (Å²) in [6.45, 7) is 3.61. The molecular formula is C29H23NO7. The monoisotopic (exact) mass is 497 g/mol. The van der Waals surface area contributed by atoms with Crippen LogP contribution in [0.2, 0.25) is 0 Å². The third kappa shape index (κ3) is 4.27. The second kappa shape index (κ2) is 9.39. The number of ether oxygens (including phenoxy) is 2. The second-order valence-corrected chi connectivity index (χ2v) is 8.83. The van der Waals surface area contributed by atoms with E-state index in [1.54, 1.807) is 36.4 Å². The Morgan fingerprint density at radius 1 is 0.919 bits per heavy atom. The molecule has 0 fully saturated rings. The molecule has 5 rings (SSSR count). The summed E-state index contributed by atoms with van der Waals surface area (Å²) in [6.07, 6.45) is 0. The van der Waals surface area contributed by atoms with E-state index in [0.29, 0.717) is 33.2 Å². The summed E-state index contributed by atoms with van der Waals surface area (Å²) in [5.74, 6) is -1.17. The number of carbonyl (C=O) groups excluding carboxylic acids is 3. The van der Waals surface area contributed by atoms with Gasteiger partial charge in [-0.2, -0.15) is 0 Å². The van der Waals surface area contributed by atoms with E-state index < -0.39 is 11.6 Å². The highest BCUT2D eigenvalue weighted by molar-refractivity contribution is 6.21. The van der Waals surface area contributed by atoms with Crippen molar-refractivity contribution in [3.63, 3.8) is 0 Å². The Bertz CT molecular complexity index is 1620. The van der Waals surface area contributed by atoms with Gasteiger partial charge in [0.2, 0.25) is 0 Å². The van der Waals surface area contributed by atoms with E-state index in [-0.39, 0.29) is 36.3 Å². The third-order valence-electron chi connectivity index (χ3n) is 6.58. The molecule has 0 N–H and O–H groups in total. The van der Waals surface area contributed by atoms with Gasteiger partial charge in [0.05, 0.1) is 24.8 Å². The highest BCUT2D eigenvalue weighted by Gasteiger charge is 2.35. The van der Waals surface area contributed by atoms with Gasteiger partial charge in [-0.15, -0.1) is 0 Å². The van der Waals surface area contributed by atoms with Crippen molar-refractivity contribution >= 4 is 28.8 Å². The fourth-order valence-electron chi connectivity index (χ4n) is 4.44. The van der Waals surface area contributed by atoms with Crippen LogP contribution in [0.1, 0.15) is 53.3 Å². The lowest BCUT2D eigenvalue weighted by Gasteiger charge is -2.16. The van der Waals surface area contributed by atoms with E-state index in [1.807, 2.05) is 26.0 Å². The Balaban J connectivity index is 1.39. The van der Waals surface area contributed by atoms with E-state index in [4.69, 9.17) is 13.9 Å². The maximum Gasteiger partial charge on any atom is 0.342 e. The van der Waals surface area contributed by atoms with Crippen LogP contribution < -0.4 is 10.4 Å². The number of nitrogens with zero attached hydrogens (tertiary/aromatic N) is 1. The number of fused-ring (bicyclic) bond motifs is 2. The average Bonchev–Trinajstić information content (AvgIpc) is 3.14. The number of benzene rings is 3. The normalized spacial score (nSPS) is 12.7. The van der Waals surface area contributed by atoms with Crippen molar-refractivity contribution in [1.29, 1.82) is 0 Å². The predicted molar refractivity (Wildman–Crippen MR) is 135 cm³/mol. The van der Waals surface area contributed by atoms with Crippen molar-refractivity contribution < 1.29 is 28.3 Å². The van der Waals surface area contributed by atoms with Crippen LogP contribution in [0.15, 0.2) is 69.9 Å². The van der Waals surface area contributed by atoms with Crippen molar-refractivity contribution in [2.24, 2.45) is 0 Å². The molecule has 0 atom stereocenters. The molecule has 2 amide bonds. The van der Waals surface area contributed by atoms with Gasteiger partial charge in [-0.3, -0.25) is 14.5 Å².